The fourth-order valence-corrected chi connectivity index (χ4v) is 3.27. The lowest BCUT2D eigenvalue weighted by Crippen LogP contribution is -2.32. The summed E-state index contributed by atoms with van der Waals surface area (Å²) in [5.41, 5.74) is 3.47. The minimum absolute atomic E-state index is 0.278. The van der Waals surface area contributed by atoms with Crippen molar-refractivity contribution in [3.05, 3.63) is 47.5 Å². The minimum atomic E-state index is -0.278. The van der Waals surface area contributed by atoms with E-state index in [2.05, 4.69) is 22.8 Å². The Morgan fingerprint density at radius 2 is 1.85 bits per heavy atom. The number of fused-ring (bicyclic) bond motifs is 2. The third-order valence-electron chi connectivity index (χ3n) is 4.53. The number of anilines is 1. The Hall–Kier alpha value is -2.89. The van der Waals surface area contributed by atoms with Gasteiger partial charge in [-0.05, 0) is 54.7 Å². The monoisotopic (exact) mass is 354 g/mol. The first-order valence-electron chi connectivity index (χ1n) is 8.97. The number of aryl methyl sites for hydroxylation is 2. The second kappa shape index (κ2) is 7.56. The summed E-state index contributed by atoms with van der Waals surface area (Å²) in [6, 6.07) is 11.3. The number of urea groups is 1. The highest BCUT2D eigenvalue weighted by Crippen LogP contribution is 2.32. The molecular formula is C20H22N2O4. The van der Waals surface area contributed by atoms with E-state index in [1.54, 1.807) is 18.2 Å². The molecule has 136 valence electrons. The number of nitrogens with one attached hydrogen (secondary N) is 2. The van der Waals surface area contributed by atoms with Crippen LogP contribution >= 0.6 is 0 Å². The molecule has 4 rings (SSSR count). The maximum absolute atomic E-state index is 12.0. The number of rotatable bonds is 5. The third-order valence-corrected chi connectivity index (χ3v) is 4.53. The molecule has 0 spiro atoms. The number of ether oxygens (including phenoxy) is 3. The molecule has 6 heteroatoms. The summed E-state index contributed by atoms with van der Waals surface area (Å²) >= 11 is 0. The lowest BCUT2D eigenvalue weighted by Gasteiger charge is -2.19. The van der Waals surface area contributed by atoms with E-state index in [1.807, 2.05) is 6.07 Å². The fraction of sp³-hybridized carbons (Fsp3) is 0.350. The van der Waals surface area contributed by atoms with E-state index >= 15 is 0 Å². The van der Waals surface area contributed by atoms with Crippen molar-refractivity contribution in [2.45, 2.75) is 19.3 Å². The average Bonchev–Trinajstić information content (AvgIpc) is 3.13. The quantitative estimate of drug-likeness (QED) is 0.810. The topological polar surface area (TPSA) is 68.8 Å². The first-order chi connectivity index (χ1) is 12.8. The van der Waals surface area contributed by atoms with Crippen LogP contribution in [-0.4, -0.2) is 32.4 Å². The largest absolute Gasteiger partial charge is 0.492 e. The molecule has 0 unspecified atom stereocenters. The molecule has 6 nitrogen and oxygen atoms in total. The summed E-state index contributed by atoms with van der Waals surface area (Å²) in [4.78, 5) is 12.0. The van der Waals surface area contributed by atoms with Crippen molar-refractivity contribution in [1.82, 2.24) is 5.32 Å². The molecule has 0 saturated heterocycles. The molecular weight excluding hydrogens is 332 g/mol. The number of hydrogen-bond acceptors (Lipinski definition) is 4. The third kappa shape index (κ3) is 3.85. The van der Waals surface area contributed by atoms with Crippen molar-refractivity contribution >= 4 is 11.7 Å². The average molecular weight is 354 g/mol. The summed E-state index contributed by atoms with van der Waals surface area (Å²) in [6.45, 7) is 1.91. The van der Waals surface area contributed by atoms with Gasteiger partial charge in [-0.2, -0.15) is 0 Å². The molecule has 0 fully saturated rings. The van der Waals surface area contributed by atoms with Crippen LogP contribution in [0, 0.1) is 0 Å². The molecule has 0 aromatic heterocycles. The second-order valence-corrected chi connectivity index (χ2v) is 6.37. The van der Waals surface area contributed by atoms with Gasteiger partial charge in [-0.15, -0.1) is 0 Å². The normalized spacial score (nSPS) is 14.5. The SMILES string of the molecule is O=C(NCCOc1ccc2c(c1)CCC2)Nc1ccc2c(c1)OCCO2. The van der Waals surface area contributed by atoms with Gasteiger partial charge in [0.1, 0.15) is 25.6 Å². The van der Waals surface area contributed by atoms with Gasteiger partial charge in [-0.3, -0.25) is 0 Å². The van der Waals surface area contributed by atoms with Gasteiger partial charge in [0.15, 0.2) is 11.5 Å². The molecule has 2 aromatic carbocycles. The predicted octanol–water partition coefficient (Wildman–Crippen LogP) is 3.15. The van der Waals surface area contributed by atoms with Crippen molar-refractivity contribution in [1.29, 1.82) is 0 Å². The molecule has 1 aliphatic carbocycles. The fourth-order valence-electron chi connectivity index (χ4n) is 3.27. The number of carbonyl (C=O) groups excluding carboxylic acids is 1. The van der Waals surface area contributed by atoms with Crippen LogP contribution in [-0.2, 0) is 12.8 Å². The molecule has 2 aromatic rings. The van der Waals surface area contributed by atoms with Gasteiger partial charge < -0.3 is 24.8 Å². The van der Waals surface area contributed by atoms with Gasteiger partial charge in [0.05, 0.1) is 6.54 Å². The maximum Gasteiger partial charge on any atom is 0.319 e. The standard InChI is InChI=1S/C20H22N2O4/c23-20(22-16-5-7-18-19(13-16)26-11-10-25-18)21-8-9-24-17-6-4-14-2-1-3-15(14)12-17/h4-7,12-13H,1-3,8-11H2,(H2,21,22,23). The zero-order valence-corrected chi connectivity index (χ0v) is 14.5. The van der Waals surface area contributed by atoms with E-state index in [4.69, 9.17) is 14.2 Å². The van der Waals surface area contributed by atoms with Gasteiger partial charge in [0.2, 0.25) is 0 Å². The van der Waals surface area contributed by atoms with Crippen LogP contribution in [0.1, 0.15) is 17.5 Å². The van der Waals surface area contributed by atoms with Crippen LogP contribution in [0.4, 0.5) is 10.5 Å². The van der Waals surface area contributed by atoms with E-state index in [0.717, 1.165) is 18.6 Å². The van der Waals surface area contributed by atoms with E-state index in [0.29, 0.717) is 43.6 Å². The first kappa shape index (κ1) is 16.6. The smallest absolute Gasteiger partial charge is 0.319 e. The first-order valence-corrected chi connectivity index (χ1v) is 8.97. The highest BCUT2D eigenvalue weighted by Gasteiger charge is 2.13. The van der Waals surface area contributed by atoms with Gasteiger partial charge in [0, 0.05) is 11.8 Å². The molecule has 0 atom stereocenters. The summed E-state index contributed by atoms with van der Waals surface area (Å²) in [6.07, 6.45) is 3.51. The summed E-state index contributed by atoms with van der Waals surface area (Å²) < 4.78 is 16.7. The van der Waals surface area contributed by atoms with Crippen LogP contribution in [0.5, 0.6) is 17.2 Å². The molecule has 2 amide bonds. The minimum Gasteiger partial charge on any atom is -0.492 e. The van der Waals surface area contributed by atoms with E-state index in [9.17, 15) is 4.79 Å². The van der Waals surface area contributed by atoms with Crippen LogP contribution < -0.4 is 24.8 Å². The van der Waals surface area contributed by atoms with Gasteiger partial charge >= 0.3 is 6.03 Å². The predicted molar refractivity (Wildman–Crippen MR) is 98.4 cm³/mol. The van der Waals surface area contributed by atoms with Crippen LogP contribution in [0.15, 0.2) is 36.4 Å². The molecule has 1 aliphatic heterocycles. The molecule has 0 bridgehead atoms. The Morgan fingerprint density at radius 1 is 1.00 bits per heavy atom. The van der Waals surface area contributed by atoms with Crippen LogP contribution in [0.25, 0.3) is 0 Å². The van der Waals surface area contributed by atoms with Crippen LogP contribution in [0.3, 0.4) is 0 Å². The van der Waals surface area contributed by atoms with Gasteiger partial charge in [-0.25, -0.2) is 4.79 Å². The van der Waals surface area contributed by atoms with Gasteiger partial charge in [-0.1, -0.05) is 6.07 Å². The van der Waals surface area contributed by atoms with Crippen LogP contribution in [0.2, 0.25) is 0 Å². The summed E-state index contributed by atoms with van der Waals surface area (Å²) in [7, 11) is 0. The van der Waals surface area contributed by atoms with Crippen molar-refractivity contribution in [2.24, 2.45) is 0 Å². The van der Waals surface area contributed by atoms with Crippen molar-refractivity contribution in [2.75, 3.05) is 31.7 Å². The Balaban J connectivity index is 1.22. The van der Waals surface area contributed by atoms with Crippen molar-refractivity contribution < 1.29 is 19.0 Å². The molecule has 2 aliphatic rings. The Bertz CT molecular complexity index is 806. The number of carbonyl (C=O) groups is 1. The molecule has 0 radical (unpaired) electrons. The van der Waals surface area contributed by atoms with E-state index < -0.39 is 0 Å². The molecule has 26 heavy (non-hydrogen) atoms. The lowest BCUT2D eigenvalue weighted by molar-refractivity contribution is 0.171. The van der Waals surface area contributed by atoms with E-state index in [-0.39, 0.29) is 6.03 Å². The van der Waals surface area contributed by atoms with Gasteiger partial charge in [0.25, 0.3) is 0 Å². The summed E-state index contributed by atoms with van der Waals surface area (Å²) in [5.74, 6) is 2.21. The highest BCUT2D eigenvalue weighted by atomic mass is 16.6. The molecule has 1 heterocycles. The van der Waals surface area contributed by atoms with Crippen molar-refractivity contribution in [3.8, 4) is 17.2 Å². The Labute approximate surface area is 152 Å². The Kier molecular flexibility index (Phi) is 4.82. The summed E-state index contributed by atoms with van der Waals surface area (Å²) in [5, 5.41) is 5.57. The number of hydrogen-bond donors (Lipinski definition) is 2. The number of benzene rings is 2. The lowest BCUT2D eigenvalue weighted by atomic mass is 10.1. The van der Waals surface area contributed by atoms with Crippen molar-refractivity contribution in [3.63, 3.8) is 0 Å². The zero-order valence-electron chi connectivity index (χ0n) is 14.5. The second-order valence-electron chi connectivity index (χ2n) is 6.37. The molecule has 2 N–H and O–H groups in total. The number of amides is 2. The van der Waals surface area contributed by atoms with E-state index in [1.165, 1.54) is 17.5 Å². The maximum atomic E-state index is 12.0. The highest BCUT2D eigenvalue weighted by molar-refractivity contribution is 5.89. The Morgan fingerprint density at radius 3 is 2.77 bits per heavy atom. The molecule has 0 saturated carbocycles. The zero-order chi connectivity index (χ0) is 17.8.